The summed E-state index contributed by atoms with van der Waals surface area (Å²) in [5.41, 5.74) is 8.39. The van der Waals surface area contributed by atoms with Crippen LogP contribution in [-0.2, 0) is 17.8 Å². The number of nitrogens with zero attached hydrogens (tertiary/aromatic N) is 2. The molecule has 6 nitrogen and oxygen atoms in total. The van der Waals surface area contributed by atoms with Crippen molar-refractivity contribution in [3.05, 3.63) is 53.4 Å². The Labute approximate surface area is 135 Å². The highest BCUT2D eigenvalue weighted by Crippen LogP contribution is 2.23. The van der Waals surface area contributed by atoms with Gasteiger partial charge in [0.15, 0.2) is 5.76 Å². The maximum atomic E-state index is 12.6. The van der Waals surface area contributed by atoms with E-state index in [0.29, 0.717) is 12.3 Å². The minimum absolute atomic E-state index is 0.0466. The van der Waals surface area contributed by atoms with Crippen molar-refractivity contribution in [3.8, 4) is 0 Å². The van der Waals surface area contributed by atoms with E-state index in [9.17, 15) is 4.79 Å². The van der Waals surface area contributed by atoms with Gasteiger partial charge in [-0.3, -0.25) is 4.79 Å². The Bertz CT molecular complexity index is 656. The van der Waals surface area contributed by atoms with E-state index in [1.165, 1.54) is 5.56 Å². The molecule has 3 rings (SSSR count). The fraction of sp³-hybridized carbons (Fsp3) is 0.412. The molecule has 1 fully saturated rings. The Morgan fingerprint density at radius 1 is 1.35 bits per heavy atom. The lowest BCUT2D eigenvalue weighted by atomic mass is 10.0. The number of amides is 1. The summed E-state index contributed by atoms with van der Waals surface area (Å²) in [4.78, 5) is 14.2. The summed E-state index contributed by atoms with van der Waals surface area (Å²) in [6.45, 7) is 2.45. The molecule has 2 N–H and O–H groups in total. The van der Waals surface area contributed by atoms with Crippen LogP contribution in [0.1, 0.15) is 36.4 Å². The van der Waals surface area contributed by atoms with E-state index >= 15 is 0 Å². The second-order valence-corrected chi connectivity index (χ2v) is 5.87. The van der Waals surface area contributed by atoms with Crippen molar-refractivity contribution in [1.29, 1.82) is 0 Å². The molecular weight excluding hydrogens is 292 g/mol. The number of carbonyl (C=O) groups is 1. The van der Waals surface area contributed by atoms with Gasteiger partial charge in [0.25, 0.3) is 0 Å². The smallest absolute Gasteiger partial charge is 0.241 e. The number of aromatic nitrogens is 1. The van der Waals surface area contributed by atoms with Crippen LogP contribution in [0.25, 0.3) is 0 Å². The largest absolute Gasteiger partial charge is 0.359 e. The van der Waals surface area contributed by atoms with Gasteiger partial charge in [0.2, 0.25) is 5.91 Å². The predicted molar refractivity (Wildman–Crippen MR) is 86.2 cm³/mol. The van der Waals surface area contributed by atoms with Crippen LogP contribution in [0.4, 0.5) is 0 Å². The van der Waals surface area contributed by atoms with E-state index in [4.69, 9.17) is 4.52 Å². The van der Waals surface area contributed by atoms with Crippen LogP contribution in [0.5, 0.6) is 0 Å². The van der Waals surface area contributed by atoms with Gasteiger partial charge in [0, 0.05) is 19.2 Å². The van der Waals surface area contributed by atoms with Gasteiger partial charge in [0.1, 0.15) is 6.04 Å². The van der Waals surface area contributed by atoms with E-state index in [-0.39, 0.29) is 18.0 Å². The second kappa shape index (κ2) is 6.93. The number of benzene rings is 1. The summed E-state index contributed by atoms with van der Waals surface area (Å²) in [6.07, 6.45) is 1.55. The summed E-state index contributed by atoms with van der Waals surface area (Å²) >= 11 is 0. The van der Waals surface area contributed by atoms with Crippen molar-refractivity contribution in [2.45, 2.75) is 38.4 Å². The van der Waals surface area contributed by atoms with Crippen molar-refractivity contribution in [2.75, 3.05) is 7.05 Å². The Hall–Kier alpha value is -2.18. The molecule has 2 heterocycles. The monoisotopic (exact) mass is 314 g/mol. The standard InChI is InChI=1S/C17H22N4O2/c1-3-13-9-14(23-20-13)11-21(2)17(22)16-10-15(18-19-16)12-7-5-4-6-8-12/h4-9,15-16,18-19H,3,10-11H2,1-2H3. The lowest BCUT2D eigenvalue weighted by Gasteiger charge is -2.19. The summed E-state index contributed by atoms with van der Waals surface area (Å²) in [5, 5.41) is 3.96. The highest BCUT2D eigenvalue weighted by molar-refractivity contribution is 5.82. The molecule has 1 aliphatic heterocycles. The van der Waals surface area contributed by atoms with Crippen LogP contribution in [0.2, 0.25) is 0 Å². The molecule has 1 aliphatic rings. The molecule has 122 valence electrons. The van der Waals surface area contributed by atoms with Gasteiger partial charge in [-0.25, -0.2) is 10.9 Å². The maximum Gasteiger partial charge on any atom is 0.241 e. The van der Waals surface area contributed by atoms with Gasteiger partial charge in [-0.05, 0) is 18.4 Å². The van der Waals surface area contributed by atoms with E-state index in [0.717, 1.165) is 18.5 Å². The number of hydrogen-bond donors (Lipinski definition) is 2. The number of rotatable bonds is 5. The lowest BCUT2D eigenvalue weighted by Crippen LogP contribution is -2.43. The maximum absolute atomic E-state index is 12.6. The number of hydrogen-bond acceptors (Lipinski definition) is 5. The Balaban J connectivity index is 1.58. The molecule has 1 aromatic heterocycles. The number of nitrogens with one attached hydrogen (secondary N) is 2. The van der Waals surface area contributed by atoms with Gasteiger partial charge in [0.05, 0.1) is 12.2 Å². The Kier molecular flexibility index (Phi) is 4.73. The van der Waals surface area contributed by atoms with E-state index in [1.807, 2.05) is 31.2 Å². The molecule has 2 aromatic rings. The molecule has 6 heteroatoms. The molecule has 0 radical (unpaired) electrons. The molecule has 0 saturated carbocycles. The van der Waals surface area contributed by atoms with Crippen LogP contribution >= 0.6 is 0 Å². The van der Waals surface area contributed by atoms with E-state index < -0.39 is 0 Å². The van der Waals surface area contributed by atoms with Crippen molar-refractivity contribution in [1.82, 2.24) is 20.9 Å². The topological polar surface area (TPSA) is 70.4 Å². The number of hydrazine groups is 1. The molecular formula is C17H22N4O2. The summed E-state index contributed by atoms with van der Waals surface area (Å²) in [5.74, 6) is 0.758. The first-order valence-electron chi connectivity index (χ1n) is 7.92. The molecule has 23 heavy (non-hydrogen) atoms. The average molecular weight is 314 g/mol. The van der Waals surface area contributed by atoms with Gasteiger partial charge in [-0.2, -0.15) is 0 Å². The van der Waals surface area contributed by atoms with Crippen LogP contribution in [0, 0.1) is 0 Å². The van der Waals surface area contributed by atoms with Crippen molar-refractivity contribution < 1.29 is 9.32 Å². The lowest BCUT2D eigenvalue weighted by molar-refractivity contribution is -0.132. The summed E-state index contributed by atoms with van der Waals surface area (Å²) < 4.78 is 5.25. The highest BCUT2D eigenvalue weighted by Gasteiger charge is 2.32. The first-order valence-corrected chi connectivity index (χ1v) is 7.92. The molecule has 1 amide bonds. The third kappa shape index (κ3) is 3.60. The summed E-state index contributed by atoms with van der Waals surface area (Å²) in [7, 11) is 1.79. The minimum atomic E-state index is -0.237. The van der Waals surface area contributed by atoms with Crippen molar-refractivity contribution in [2.24, 2.45) is 0 Å². The highest BCUT2D eigenvalue weighted by atomic mass is 16.5. The molecule has 0 aliphatic carbocycles. The van der Waals surface area contributed by atoms with Gasteiger partial charge >= 0.3 is 0 Å². The third-order valence-electron chi connectivity index (χ3n) is 4.14. The summed E-state index contributed by atoms with van der Waals surface area (Å²) in [6, 6.07) is 11.9. The molecule has 1 saturated heterocycles. The number of aryl methyl sites for hydroxylation is 1. The third-order valence-corrected chi connectivity index (χ3v) is 4.14. The van der Waals surface area contributed by atoms with E-state index in [1.54, 1.807) is 11.9 Å². The van der Waals surface area contributed by atoms with Crippen LogP contribution in [0.3, 0.4) is 0 Å². The predicted octanol–water partition coefficient (Wildman–Crippen LogP) is 1.80. The molecule has 1 aromatic carbocycles. The normalized spacial score (nSPS) is 20.6. The average Bonchev–Trinajstić information content (AvgIpc) is 3.24. The number of carbonyl (C=O) groups excluding carboxylic acids is 1. The molecule has 0 bridgehead atoms. The molecule has 0 spiro atoms. The quantitative estimate of drug-likeness (QED) is 0.881. The van der Waals surface area contributed by atoms with E-state index in [2.05, 4.69) is 28.1 Å². The zero-order valence-corrected chi connectivity index (χ0v) is 13.5. The first-order chi connectivity index (χ1) is 11.2. The zero-order chi connectivity index (χ0) is 16.2. The second-order valence-electron chi connectivity index (χ2n) is 5.87. The van der Waals surface area contributed by atoms with Crippen LogP contribution < -0.4 is 10.9 Å². The van der Waals surface area contributed by atoms with Gasteiger partial charge in [-0.15, -0.1) is 0 Å². The minimum Gasteiger partial charge on any atom is -0.359 e. The van der Waals surface area contributed by atoms with Gasteiger partial charge in [-0.1, -0.05) is 42.4 Å². The Morgan fingerprint density at radius 2 is 2.13 bits per heavy atom. The van der Waals surface area contributed by atoms with Crippen LogP contribution in [-0.4, -0.2) is 29.1 Å². The zero-order valence-electron chi connectivity index (χ0n) is 13.5. The fourth-order valence-corrected chi connectivity index (χ4v) is 2.80. The molecule has 2 unspecified atom stereocenters. The van der Waals surface area contributed by atoms with Crippen LogP contribution in [0.15, 0.2) is 40.9 Å². The van der Waals surface area contributed by atoms with Crippen molar-refractivity contribution in [3.63, 3.8) is 0 Å². The van der Waals surface area contributed by atoms with Crippen molar-refractivity contribution >= 4 is 5.91 Å². The fourth-order valence-electron chi connectivity index (χ4n) is 2.80. The molecule has 2 atom stereocenters. The first kappa shape index (κ1) is 15.7. The van der Waals surface area contributed by atoms with Gasteiger partial charge < -0.3 is 9.42 Å². The SMILES string of the molecule is CCc1cc(CN(C)C(=O)C2CC(c3ccccc3)NN2)on1. The number of likely N-dealkylation sites (N-methyl/N-ethyl adjacent to an activating group) is 1. The Morgan fingerprint density at radius 3 is 2.83 bits per heavy atom.